The molecule has 0 bridgehead atoms. The Balaban J connectivity index is 2.01. The Morgan fingerprint density at radius 2 is 2.00 bits per heavy atom. The van der Waals surface area contributed by atoms with Crippen LogP contribution in [0.15, 0.2) is 41.5 Å². The number of aliphatic hydroxyl groups is 1. The van der Waals surface area contributed by atoms with E-state index in [0.717, 1.165) is 40.7 Å². The van der Waals surface area contributed by atoms with Crippen molar-refractivity contribution in [2.75, 3.05) is 13.2 Å². The summed E-state index contributed by atoms with van der Waals surface area (Å²) in [5.41, 5.74) is 5.95. The van der Waals surface area contributed by atoms with Crippen molar-refractivity contribution >= 4 is 6.08 Å². The Kier molecular flexibility index (Phi) is 5.80. The monoisotopic (exact) mass is 314 g/mol. The SMILES string of the molecule is C=C(CO)C1=CCOC1CC/C(C)=C/c1cc(C)c(O)c(C)c1. The number of aromatic hydroxyl groups is 1. The van der Waals surface area contributed by atoms with Crippen molar-refractivity contribution in [3.05, 3.63) is 58.2 Å². The van der Waals surface area contributed by atoms with Crippen LogP contribution in [0.5, 0.6) is 5.75 Å². The summed E-state index contributed by atoms with van der Waals surface area (Å²) in [5, 5.41) is 19.1. The van der Waals surface area contributed by atoms with Crippen molar-refractivity contribution in [3.63, 3.8) is 0 Å². The standard InChI is InChI=1S/C20H26O3/c1-13(9-17-10-14(2)20(22)15(3)11-17)5-6-19-18(7-8-23-19)16(4)12-21/h7,9-11,19,21-22H,4-6,8,12H2,1-3H3/b13-9+. The molecule has 1 aromatic rings. The molecule has 0 fully saturated rings. The molecule has 0 spiro atoms. The third-order valence-corrected chi connectivity index (χ3v) is 4.27. The van der Waals surface area contributed by atoms with Gasteiger partial charge in [0.1, 0.15) is 5.75 Å². The lowest BCUT2D eigenvalue weighted by Gasteiger charge is -2.16. The molecule has 3 heteroatoms. The van der Waals surface area contributed by atoms with Gasteiger partial charge in [-0.15, -0.1) is 0 Å². The van der Waals surface area contributed by atoms with E-state index in [0.29, 0.717) is 12.4 Å². The third-order valence-electron chi connectivity index (χ3n) is 4.27. The quantitative estimate of drug-likeness (QED) is 0.832. The summed E-state index contributed by atoms with van der Waals surface area (Å²) >= 11 is 0. The zero-order valence-corrected chi connectivity index (χ0v) is 14.2. The largest absolute Gasteiger partial charge is 0.507 e. The normalized spacial score (nSPS) is 18.2. The molecule has 1 unspecified atom stereocenters. The topological polar surface area (TPSA) is 49.7 Å². The summed E-state index contributed by atoms with van der Waals surface area (Å²) in [6.07, 6.45) is 5.98. The molecule has 1 aliphatic heterocycles. The first-order valence-electron chi connectivity index (χ1n) is 8.00. The third kappa shape index (κ3) is 4.34. The van der Waals surface area contributed by atoms with Crippen LogP contribution in [-0.2, 0) is 4.74 Å². The second-order valence-electron chi connectivity index (χ2n) is 6.28. The molecule has 1 aliphatic rings. The predicted molar refractivity (Wildman–Crippen MR) is 94.5 cm³/mol. The highest BCUT2D eigenvalue weighted by Crippen LogP contribution is 2.27. The summed E-state index contributed by atoms with van der Waals surface area (Å²) in [7, 11) is 0. The van der Waals surface area contributed by atoms with E-state index in [1.807, 2.05) is 32.1 Å². The van der Waals surface area contributed by atoms with E-state index in [9.17, 15) is 10.2 Å². The molecule has 0 amide bonds. The number of hydrogen-bond donors (Lipinski definition) is 2. The van der Waals surface area contributed by atoms with Crippen LogP contribution in [0.3, 0.4) is 0 Å². The van der Waals surface area contributed by atoms with Gasteiger partial charge in [-0.25, -0.2) is 0 Å². The van der Waals surface area contributed by atoms with Crippen LogP contribution in [-0.4, -0.2) is 29.5 Å². The van der Waals surface area contributed by atoms with Gasteiger partial charge >= 0.3 is 0 Å². The molecule has 0 saturated carbocycles. The zero-order valence-electron chi connectivity index (χ0n) is 14.2. The van der Waals surface area contributed by atoms with Crippen molar-refractivity contribution in [1.82, 2.24) is 0 Å². The van der Waals surface area contributed by atoms with Gasteiger partial charge in [0.05, 0.1) is 19.3 Å². The molecule has 1 atom stereocenters. The van der Waals surface area contributed by atoms with Crippen LogP contribution in [0.4, 0.5) is 0 Å². The number of allylic oxidation sites excluding steroid dienone is 1. The average Bonchev–Trinajstić information content (AvgIpc) is 2.98. The fourth-order valence-electron chi connectivity index (χ4n) is 2.97. The number of ether oxygens (including phenoxy) is 1. The maximum atomic E-state index is 9.84. The van der Waals surface area contributed by atoms with Gasteiger partial charge in [0.15, 0.2) is 0 Å². The number of benzene rings is 1. The molecule has 0 radical (unpaired) electrons. The lowest BCUT2D eigenvalue weighted by molar-refractivity contribution is 0.116. The van der Waals surface area contributed by atoms with E-state index in [4.69, 9.17) is 4.74 Å². The van der Waals surface area contributed by atoms with Gasteiger partial charge in [0, 0.05) is 0 Å². The molecular weight excluding hydrogens is 288 g/mol. The van der Waals surface area contributed by atoms with E-state index < -0.39 is 0 Å². The van der Waals surface area contributed by atoms with Crippen LogP contribution in [0.25, 0.3) is 6.08 Å². The van der Waals surface area contributed by atoms with E-state index in [1.54, 1.807) is 0 Å². The van der Waals surface area contributed by atoms with Crippen LogP contribution in [0.1, 0.15) is 36.5 Å². The average molecular weight is 314 g/mol. The minimum absolute atomic E-state index is 0.0213. The molecule has 0 aliphatic carbocycles. The molecule has 0 aromatic heterocycles. The van der Waals surface area contributed by atoms with Crippen LogP contribution in [0.2, 0.25) is 0 Å². The Hall–Kier alpha value is -1.84. The first-order chi connectivity index (χ1) is 10.9. The summed E-state index contributed by atoms with van der Waals surface area (Å²) in [4.78, 5) is 0. The smallest absolute Gasteiger partial charge is 0.121 e. The van der Waals surface area contributed by atoms with E-state index in [-0.39, 0.29) is 12.7 Å². The van der Waals surface area contributed by atoms with Crippen molar-refractivity contribution < 1.29 is 14.9 Å². The van der Waals surface area contributed by atoms with Gasteiger partial charge in [-0.1, -0.05) is 24.3 Å². The van der Waals surface area contributed by atoms with Gasteiger partial charge < -0.3 is 14.9 Å². The molecule has 2 N–H and O–H groups in total. The molecule has 1 aromatic carbocycles. The number of phenols is 1. The Labute approximate surface area is 138 Å². The highest BCUT2D eigenvalue weighted by atomic mass is 16.5. The molecule has 2 rings (SSSR count). The van der Waals surface area contributed by atoms with Gasteiger partial charge in [-0.05, 0) is 73.6 Å². The lowest BCUT2D eigenvalue weighted by atomic mass is 9.97. The summed E-state index contributed by atoms with van der Waals surface area (Å²) in [5.74, 6) is 0.372. The van der Waals surface area contributed by atoms with Crippen molar-refractivity contribution in [1.29, 1.82) is 0 Å². The molecule has 3 nitrogen and oxygen atoms in total. The molecule has 1 heterocycles. The lowest BCUT2D eigenvalue weighted by Crippen LogP contribution is -2.12. The molecule has 0 saturated heterocycles. The second-order valence-corrected chi connectivity index (χ2v) is 6.28. The van der Waals surface area contributed by atoms with E-state index in [2.05, 4.69) is 19.6 Å². The summed E-state index contributed by atoms with van der Waals surface area (Å²) < 4.78 is 5.72. The predicted octanol–water partition coefficient (Wildman–Crippen LogP) is 4.07. The Morgan fingerprint density at radius 3 is 2.61 bits per heavy atom. The van der Waals surface area contributed by atoms with Gasteiger partial charge in [-0.3, -0.25) is 0 Å². The highest BCUT2D eigenvalue weighted by molar-refractivity contribution is 5.57. The second kappa shape index (κ2) is 7.62. The maximum Gasteiger partial charge on any atom is 0.121 e. The van der Waals surface area contributed by atoms with Crippen LogP contribution in [0, 0.1) is 13.8 Å². The molecular formula is C20H26O3. The summed E-state index contributed by atoms with van der Waals surface area (Å²) in [6, 6.07) is 3.99. The fourth-order valence-corrected chi connectivity index (χ4v) is 2.97. The van der Waals surface area contributed by atoms with Crippen molar-refractivity contribution in [3.8, 4) is 5.75 Å². The number of hydrogen-bond acceptors (Lipinski definition) is 3. The number of aliphatic hydroxyl groups excluding tert-OH is 1. The minimum Gasteiger partial charge on any atom is -0.507 e. The number of aryl methyl sites for hydroxylation is 2. The highest BCUT2D eigenvalue weighted by Gasteiger charge is 2.21. The Bertz CT molecular complexity index is 630. The zero-order chi connectivity index (χ0) is 17.0. The van der Waals surface area contributed by atoms with E-state index in [1.165, 1.54) is 5.57 Å². The van der Waals surface area contributed by atoms with Crippen molar-refractivity contribution in [2.45, 2.75) is 39.7 Å². The van der Waals surface area contributed by atoms with Crippen LogP contribution >= 0.6 is 0 Å². The Morgan fingerprint density at radius 1 is 1.35 bits per heavy atom. The maximum absolute atomic E-state index is 9.84. The van der Waals surface area contributed by atoms with Gasteiger partial charge in [0.2, 0.25) is 0 Å². The number of phenolic OH excluding ortho intramolecular Hbond substituents is 1. The van der Waals surface area contributed by atoms with Crippen LogP contribution < -0.4 is 0 Å². The first-order valence-corrected chi connectivity index (χ1v) is 8.00. The molecule has 124 valence electrons. The fraction of sp³-hybridized carbons (Fsp3) is 0.400. The molecule has 23 heavy (non-hydrogen) atoms. The van der Waals surface area contributed by atoms with Crippen molar-refractivity contribution in [2.24, 2.45) is 0 Å². The first kappa shape index (κ1) is 17.5. The minimum atomic E-state index is -0.0213. The van der Waals surface area contributed by atoms with E-state index >= 15 is 0 Å². The summed E-state index contributed by atoms with van der Waals surface area (Å²) in [6.45, 7) is 10.4. The van der Waals surface area contributed by atoms with Gasteiger partial charge in [-0.2, -0.15) is 0 Å². The number of rotatable bonds is 6. The van der Waals surface area contributed by atoms with Gasteiger partial charge in [0.25, 0.3) is 0 Å².